The Hall–Kier alpha value is -1.55. The molecule has 0 aliphatic rings. The Morgan fingerprint density at radius 3 is 2.67 bits per heavy atom. The number of ether oxygens (including phenoxy) is 3. The van der Waals surface area contributed by atoms with Gasteiger partial charge in [-0.1, -0.05) is 12.1 Å². The standard InChI is InChI=1S/C11H14O4/c1-8-5-4-6-9(10(8)14-3)11(12)15-7-13-2/h4-6H,7H2,1-3H3. The first-order valence-corrected chi connectivity index (χ1v) is 4.50. The van der Waals surface area contributed by atoms with E-state index in [1.165, 1.54) is 14.2 Å². The number of hydrogen-bond acceptors (Lipinski definition) is 4. The summed E-state index contributed by atoms with van der Waals surface area (Å²) in [5.41, 5.74) is 1.30. The molecule has 0 aliphatic carbocycles. The molecule has 15 heavy (non-hydrogen) atoms. The van der Waals surface area contributed by atoms with E-state index in [-0.39, 0.29) is 6.79 Å². The molecule has 0 spiro atoms. The van der Waals surface area contributed by atoms with E-state index >= 15 is 0 Å². The van der Waals surface area contributed by atoms with E-state index < -0.39 is 5.97 Å². The Kier molecular flexibility index (Phi) is 4.12. The van der Waals surface area contributed by atoms with Gasteiger partial charge in [0.05, 0.1) is 7.11 Å². The number of carbonyl (C=O) groups is 1. The molecule has 0 aromatic heterocycles. The molecule has 4 heteroatoms. The molecule has 0 saturated heterocycles. The predicted molar refractivity (Wildman–Crippen MR) is 55.0 cm³/mol. The maximum Gasteiger partial charge on any atom is 0.344 e. The second-order valence-corrected chi connectivity index (χ2v) is 2.99. The van der Waals surface area contributed by atoms with Gasteiger partial charge in [-0.2, -0.15) is 0 Å². The second kappa shape index (κ2) is 5.36. The third-order valence-corrected chi connectivity index (χ3v) is 1.94. The van der Waals surface area contributed by atoms with Crippen molar-refractivity contribution in [3.8, 4) is 5.75 Å². The molecule has 0 atom stereocenters. The maximum atomic E-state index is 11.6. The molecular formula is C11H14O4. The molecule has 0 radical (unpaired) electrons. The molecular weight excluding hydrogens is 196 g/mol. The fraction of sp³-hybridized carbons (Fsp3) is 0.364. The lowest BCUT2D eigenvalue weighted by Gasteiger charge is -2.10. The Bertz CT molecular complexity index is 346. The first-order chi connectivity index (χ1) is 7.20. The van der Waals surface area contributed by atoms with E-state index in [9.17, 15) is 4.79 Å². The molecule has 0 unspecified atom stereocenters. The van der Waals surface area contributed by atoms with Crippen molar-refractivity contribution in [2.45, 2.75) is 6.92 Å². The lowest BCUT2D eigenvalue weighted by Crippen LogP contribution is -2.09. The summed E-state index contributed by atoms with van der Waals surface area (Å²) in [5, 5.41) is 0. The van der Waals surface area contributed by atoms with Gasteiger partial charge >= 0.3 is 5.97 Å². The van der Waals surface area contributed by atoms with Crippen molar-refractivity contribution in [1.29, 1.82) is 0 Å². The van der Waals surface area contributed by atoms with E-state index in [4.69, 9.17) is 9.47 Å². The first kappa shape index (κ1) is 11.5. The first-order valence-electron chi connectivity index (χ1n) is 4.50. The van der Waals surface area contributed by atoms with E-state index in [1.54, 1.807) is 12.1 Å². The predicted octanol–water partition coefficient (Wildman–Crippen LogP) is 1.76. The fourth-order valence-corrected chi connectivity index (χ4v) is 1.27. The van der Waals surface area contributed by atoms with Crippen LogP contribution in [0.25, 0.3) is 0 Å². The van der Waals surface area contributed by atoms with Crippen molar-refractivity contribution in [1.82, 2.24) is 0 Å². The van der Waals surface area contributed by atoms with Gasteiger partial charge in [0.2, 0.25) is 0 Å². The van der Waals surface area contributed by atoms with Crippen LogP contribution in [0.5, 0.6) is 5.75 Å². The van der Waals surface area contributed by atoms with Crippen LogP contribution >= 0.6 is 0 Å². The molecule has 1 aromatic rings. The minimum absolute atomic E-state index is 0.0596. The zero-order valence-corrected chi connectivity index (χ0v) is 9.07. The highest BCUT2D eigenvalue weighted by Crippen LogP contribution is 2.23. The summed E-state index contributed by atoms with van der Waals surface area (Å²) in [7, 11) is 2.98. The summed E-state index contributed by atoms with van der Waals surface area (Å²) in [4.78, 5) is 11.6. The summed E-state index contributed by atoms with van der Waals surface area (Å²) in [5.74, 6) is 0.0935. The summed E-state index contributed by atoms with van der Waals surface area (Å²) >= 11 is 0. The van der Waals surface area contributed by atoms with Crippen LogP contribution in [0, 0.1) is 6.92 Å². The minimum Gasteiger partial charge on any atom is -0.496 e. The van der Waals surface area contributed by atoms with Crippen molar-refractivity contribution in [2.75, 3.05) is 21.0 Å². The topological polar surface area (TPSA) is 44.8 Å². The number of aryl methyl sites for hydroxylation is 1. The van der Waals surface area contributed by atoms with Crippen LogP contribution in [0.15, 0.2) is 18.2 Å². The van der Waals surface area contributed by atoms with Gasteiger partial charge < -0.3 is 14.2 Å². The van der Waals surface area contributed by atoms with Crippen molar-refractivity contribution >= 4 is 5.97 Å². The van der Waals surface area contributed by atoms with Gasteiger partial charge in [-0.05, 0) is 18.6 Å². The number of esters is 1. The van der Waals surface area contributed by atoms with Crippen LogP contribution in [0.3, 0.4) is 0 Å². The SMILES string of the molecule is COCOC(=O)c1cccc(C)c1OC. The molecule has 0 fully saturated rings. The van der Waals surface area contributed by atoms with E-state index in [1.807, 2.05) is 13.0 Å². The highest BCUT2D eigenvalue weighted by Gasteiger charge is 2.14. The van der Waals surface area contributed by atoms with Crippen LogP contribution < -0.4 is 4.74 Å². The van der Waals surface area contributed by atoms with Crippen molar-refractivity contribution in [3.63, 3.8) is 0 Å². The Labute approximate surface area is 88.8 Å². The zero-order chi connectivity index (χ0) is 11.3. The van der Waals surface area contributed by atoms with Crippen LogP contribution in [0.4, 0.5) is 0 Å². The maximum absolute atomic E-state index is 11.6. The number of para-hydroxylation sites is 1. The molecule has 82 valence electrons. The van der Waals surface area contributed by atoms with E-state index in [2.05, 4.69) is 4.74 Å². The highest BCUT2D eigenvalue weighted by atomic mass is 16.7. The molecule has 1 aromatic carbocycles. The summed E-state index contributed by atoms with van der Waals surface area (Å²) in [6.07, 6.45) is 0. The fourth-order valence-electron chi connectivity index (χ4n) is 1.27. The van der Waals surface area contributed by atoms with Gasteiger partial charge in [0.15, 0.2) is 6.79 Å². The average Bonchev–Trinajstić information content (AvgIpc) is 2.25. The minimum atomic E-state index is -0.447. The van der Waals surface area contributed by atoms with Crippen molar-refractivity contribution in [3.05, 3.63) is 29.3 Å². The van der Waals surface area contributed by atoms with Gasteiger partial charge in [-0.25, -0.2) is 4.79 Å². The van der Waals surface area contributed by atoms with Gasteiger partial charge in [0.1, 0.15) is 11.3 Å². The normalized spacial score (nSPS) is 9.80. The molecule has 1 rings (SSSR count). The summed E-state index contributed by atoms with van der Waals surface area (Å²) < 4.78 is 14.6. The number of rotatable bonds is 4. The Morgan fingerprint density at radius 2 is 2.07 bits per heavy atom. The van der Waals surface area contributed by atoms with Crippen LogP contribution in [-0.4, -0.2) is 27.0 Å². The average molecular weight is 210 g/mol. The molecule has 0 heterocycles. The number of carbonyl (C=O) groups excluding carboxylic acids is 1. The highest BCUT2D eigenvalue weighted by molar-refractivity contribution is 5.92. The summed E-state index contributed by atoms with van der Waals surface area (Å²) in [6, 6.07) is 5.30. The van der Waals surface area contributed by atoms with Crippen LogP contribution in [0.1, 0.15) is 15.9 Å². The molecule has 0 amide bonds. The molecule has 0 N–H and O–H groups in total. The molecule has 0 saturated carbocycles. The molecule has 4 nitrogen and oxygen atoms in total. The van der Waals surface area contributed by atoms with Gasteiger partial charge in [-0.15, -0.1) is 0 Å². The van der Waals surface area contributed by atoms with Crippen molar-refractivity contribution < 1.29 is 19.0 Å². The van der Waals surface area contributed by atoms with E-state index in [0.717, 1.165) is 5.56 Å². The van der Waals surface area contributed by atoms with Crippen LogP contribution in [-0.2, 0) is 9.47 Å². The van der Waals surface area contributed by atoms with Gasteiger partial charge in [0, 0.05) is 7.11 Å². The molecule has 0 bridgehead atoms. The van der Waals surface area contributed by atoms with Crippen LogP contribution in [0.2, 0.25) is 0 Å². The molecule has 0 aliphatic heterocycles. The summed E-state index contributed by atoms with van der Waals surface area (Å²) in [6.45, 7) is 1.81. The monoisotopic (exact) mass is 210 g/mol. The van der Waals surface area contributed by atoms with E-state index in [0.29, 0.717) is 11.3 Å². The third-order valence-electron chi connectivity index (χ3n) is 1.94. The quantitative estimate of drug-likeness (QED) is 0.561. The number of methoxy groups -OCH3 is 2. The lowest BCUT2D eigenvalue weighted by molar-refractivity contribution is -0.0127. The third kappa shape index (κ3) is 2.70. The second-order valence-electron chi connectivity index (χ2n) is 2.99. The Balaban J connectivity index is 2.92. The van der Waals surface area contributed by atoms with Crippen molar-refractivity contribution in [2.24, 2.45) is 0 Å². The van der Waals surface area contributed by atoms with Gasteiger partial charge in [-0.3, -0.25) is 0 Å². The van der Waals surface area contributed by atoms with Gasteiger partial charge in [0.25, 0.3) is 0 Å². The Morgan fingerprint density at radius 1 is 1.33 bits per heavy atom. The smallest absolute Gasteiger partial charge is 0.344 e. The largest absolute Gasteiger partial charge is 0.496 e. The lowest BCUT2D eigenvalue weighted by atomic mass is 10.1. The number of hydrogen-bond donors (Lipinski definition) is 0. The number of benzene rings is 1. The zero-order valence-electron chi connectivity index (χ0n) is 9.07.